The van der Waals surface area contributed by atoms with Gasteiger partial charge in [-0.1, -0.05) is 11.6 Å². The molecular weight excluding hydrogens is 196 g/mol. The third-order valence-electron chi connectivity index (χ3n) is 2.25. The fourth-order valence-electron chi connectivity index (χ4n) is 1.44. The summed E-state index contributed by atoms with van der Waals surface area (Å²) in [6, 6.07) is 0. The monoisotopic (exact) mass is 216 g/mol. The summed E-state index contributed by atoms with van der Waals surface area (Å²) in [6.07, 6.45) is 6.33. The van der Waals surface area contributed by atoms with Crippen molar-refractivity contribution in [2.24, 2.45) is 0 Å². The average molecular weight is 216 g/mol. The van der Waals surface area contributed by atoms with Crippen molar-refractivity contribution < 1.29 is 0 Å². The molecule has 2 heteroatoms. The molecule has 1 heterocycles. The zero-order chi connectivity index (χ0) is 9.73. The van der Waals surface area contributed by atoms with E-state index >= 15 is 0 Å². The molecule has 0 aromatic carbocycles. The topological polar surface area (TPSA) is 0 Å². The van der Waals surface area contributed by atoms with Crippen LogP contribution in [0.4, 0.5) is 0 Å². The van der Waals surface area contributed by atoms with Crippen LogP contribution < -0.4 is 0 Å². The highest BCUT2D eigenvalue weighted by molar-refractivity contribution is 8.18. The van der Waals surface area contributed by atoms with Gasteiger partial charge in [0.05, 0.1) is 4.08 Å². The van der Waals surface area contributed by atoms with Gasteiger partial charge < -0.3 is 0 Å². The molecule has 0 amide bonds. The first-order chi connectivity index (χ1) is 6.12. The smallest absolute Gasteiger partial charge is 0.0586 e. The predicted molar refractivity (Wildman–Crippen MR) is 66.6 cm³/mol. The largest absolute Gasteiger partial charge is 0.144 e. The molecule has 1 rings (SSSR count). The Hall–Kier alpha value is 0.440. The molecule has 0 bridgehead atoms. The molecule has 0 unspecified atom stereocenters. The van der Waals surface area contributed by atoms with Crippen LogP contribution in [0.25, 0.3) is 0 Å². The summed E-state index contributed by atoms with van der Waals surface area (Å²) in [5.41, 5.74) is 1.45. The molecular formula is C11H20S2. The Labute approximate surface area is 90.9 Å². The summed E-state index contributed by atoms with van der Waals surface area (Å²) < 4.78 is 0.504. The van der Waals surface area contributed by atoms with Crippen molar-refractivity contribution in [3.8, 4) is 0 Å². The van der Waals surface area contributed by atoms with Crippen LogP contribution in [-0.4, -0.2) is 15.6 Å². The van der Waals surface area contributed by atoms with E-state index in [0.29, 0.717) is 4.08 Å². The minimum absolute atomic E-state index is 0.504. The lowest BCUT2D eigenvalue weighted by molar-refractivity contribution is 0.772. The molecule has 1 aliphatic rings. The van der Waals surface area contributed by atoms with Gasteiger partial charge in [0.1, 0.15) is 0 Å². The third-order valence-corrected chi connectivity index (χ3v) is 5.58. The molecule has 0 aromatic heterocycles. The van der Waals surface area contributed by atoms with Gasteiger partial charge in [-0.15, -0.1) is 23.5 Å². The van der Waals surface area contributed by atoms with E-state index < -0.39 is 0 Å². The molecule has 0 saturated carbocycles. The number of hydrogen-bond acceptors (Lipinski definition) is 2. The Bertz CT molecular complexity index is 175. The maximum Gasteiger partial charge on any atom is 0.0586 e. The van der Waals surface area contributed by atoms with Gasteiger partial charge in [-0.3, -0.25) is 0 Å². The SMILES string of the molecule is CC(C)=CCCC1(C)SCCCS1. The number of thioether (sulfide) groups is 2. The van der Waals surface area contributed by atoms with Gasteiger partial charge in [0.2, 0.25) is 0 Å². The number of hydrogen-bond donors (Lipinski definition) is 0. The van der Waals surface area contributed by atoms with Crippen LogP contribution in [0, 0.1) is 0 Å². The van der Waals surface area contributed by atoms with E-state index in [0.717, 1.165) is 0 Å². The lowest BCUT2D eigenvalue weighted by Gasteiger charge is -2.32. The standard InChI is InChI=1S/C11H20S2/c1-10(2)6-4-7-11(3)12-8-5-9-13-11/h6H,4-5,7-9H2,1-3H3. The van der Waals surface area contributed by atoms with Gasteiger partial charge >= 0.3 is 0 Å². The third kappa shape index (κ3) is 4.46. The van der Waals surface area contributed by atoms with Gasteiger partial charge in [0, 0.05) is 0 Å². The first kappa shape index (κ1) is 11.5. The Morgan fingerprint density at radius 3 is 2.46 bits per heavy atom. The van der Waals surface area contributed by atoms with Crippen molar-refractivity contribution in [2.45, 2.75) is 44.1 Å². The second kappa shape index (κ2) is 5.35. The lowest BCUT2D eigenvalue weighted by atomic mass is 10.2. The highest BCUT2D eigenvalue weighted by atomic mass is 32.2. The van der Waals surface area contributed by atoms with E-state index in [4.69, 9.17) is 0 Å². The quantitative estimate of drug-likeness (QED) is 0.644. The minimum atomic E-state index is 0.504. The van der Waals surface area contributed by atoms with E-state index in [-0.39, 0.29) is 0 Å². The highest BCUT2D eigenvalue weighted by Crippen LogP contribution is 2.44. The Morgan fingerprint density at radius 1 is 1.31 bits per heavy atom. The molecule has 1 fully saturated rings. The van der Waals surface area contributed by atoms with E-state index in [9.17, 15) is 0 Å². The zero-order valence-electron chi connectivity index (χ0n) is 8.93. The fraction of sp³-hybridized carbons (Fsp3) is 0.818. The van der Waals surface area contributed by atoms with Crippen LogP contribution in [0.2, 0.25) is 0 Å². The molecule has 0 N–H and O–H groups in total. The molecule has 13 heavy (non-hydrogen) atoms. The van der Waals surface area contributed by atoms with Crippen molar-refractivity contribution in [3.05, 3.63) is 11.6 Å². The molecule has 0 aliphatic carbocycles. The average Bonchev–Trinajstić information content (AvgIpc) is 2.04. The van der Waals surface area contributed by atoms with Crippen molar-refractivity contribution in [3.63, 3.8) is 0 Å². The van der Waals surface area contributed by atoms with Crippen LogP contribution in [0.5, 0.6) is 0 Å². The maximum atomic E-state index is 2.40. The van der Waals surface area contributed by atoms with Crippen LogP contribution >= 0.6 is 23.5 Å². The van der Waals surface area contributed by atoms with Crippen molar-refractivity contribution in [2.75, 3.05) is 11.5 Å². The molecule has 0 radical (unpaired) electrons. The molecule has 76 valence electrons. The van der Waals surface area contributed by atoms with Crippen molar-refractivity contribution >= 4 is 23.5 Å². The van der Waals surface area contributed by atoms with E-state index in [1.165, 1.54) is 36.3 Å². The summed E-state index contributed by atoms with van der Waals surface area (Å²) in [6.45, 7) is 6.77. The summed E-state index contributed by atoms with van der Waals surface area (Å²) in [4.78, 5) is 0. The van der Waals surface area contributed by atoms with Gasteiger partial charge in [0.15, 0.2) is 0 Å². The molecule has 1 saturated heterocycles. The molecule has 0 atom stereocenters. The molecule has 0 aromatic rings. The van der Waals surface area contributed by atoms with Gasteiger partial charge in [-0.2, -0.15) is 0 Å². The van der Waals surface area contributed by atoms with E-state index in [1.807, 2.05) is 0 Å². The molecule has 1 aliphatic heterocycles. The molecule has 0 nitrogen and oxygen atoms in total. The van der Waals surface area contributed by atoms with Crippen LogP contribution in [0.15, 0.2) is 11.6 Å². The van der Waals surface area contributed by atoms with Gasteiger partial charge in [-0.05, 0) is 51.5 Å². The first-order valence-electron chi connectivity index (χ1n) is 5.04. The normalized spacial score (nSPS) is 21.2. The summed E-state index contributed by atoms with van der Waals surface area (Å²) in [7, 11) is 0. The van der Waals surface area contributed by atoms with Gasteiger partial charge in [0.25, 0.3) is 0 Å². The predicted octanol–water partition coefficient (Wildman–Crippen LogP) is 4.32. The Balaban J connectivity index is 2.29. The van der Waals surface area contributed by atoms with E-state index in [1.54, 1.807) is 0 Å². The Kier molecular flexibility index (Phi) is 4.74. The van der Waals surface area contributed by atoms with Crippen LogP contribution in [0.1, 0.15) is 40.0 Å². The van der Waals surface area contributed by atoms with Crippen LogP contribution in [-0.2, 0) is 0 Å². The van der Waals surface area contributed by atoms with E-state index in [2.05, 4.69) is 50.4 Å². The first-order valence-corrected chi connectivity index (χ1v) is 7.01. The maximum absolute atomic E-state index is 2.40. The van der Waals surface area contributed by atoms with Crippen molar-refractivity contribution in [1.29, 1.82) is 0 Å². The summed E-state index contributed by atoms with van der Waals surface area (Å²) in [5.74, 6) is 2.72. The lowest BCUT2D eigenvalue weighted by Crippen LogP contribution is -2.20. The second-order valence-electron chi connectivity index (χ2n) is 4.00. The zero-order valence-corrected chi connectivity index (χ0v) is 10.6. The van der Waals surface area contributed by atoms with Crippen molar-refractivity contribution in [1.82, 2.24) is 0 Å². The fourth-order valence-corrected chi connectivity index (χ4v) is 4.43. The van der Waals surface area contributed by atoms with Gasteiger partial charge in [-0.25, -0.2) is 0 Å². The minimum Gasteiger partial charge on any atom is -0.144 e. The summed E-state index contributed by atoms with van der Waals surface area (Å²) >= 11 is 4.30. The molecule has 0 spiro atoms. The number of rotatable bonds is 3. The highest BCUT2D eigenvalue weighted by Gasteiger charge is 2.26. The second-order valence-corrected chi connectivity index (χ2v) is 7.46. The Morgan fingerprint density at radius 2 is 1.92 bits per heavy atom. The number of allylic oxidation sites excluding steroid dienone is 2. The van der Waals surface area contributed by atoms with Crippen LogP contribution in [0.3, 0.4) is 0 Å². The summed E-state index contributed by atoms with van der Waals surface area (Å²) in [5, 5.41) is 0.